The van der Waals surface area contributed by atoms with Gasteiger partial charge < -0.3 is 10.1 Å². The molecule has 0 aliphatic carbocycles. The third kappa shape index (κ3) is 4.34. The highest BCUT2D eigenvalue weighted by Crippen LogP contribution is 2.36. The Morgan fingerprint density at radius 3 is 2.40 bits per heavy atom. The fourth-order valence-electron chi connectivity index (χ4n) is 2.23. The molecule has 1 amide bonds. The zero-order chi connectivity index (χ0) is 18.0. The van der Waals surface area contributed by atoms with E-state index in [2.05, 4.69) is 42.2 Å². The van der Waals surface area contributed by atoms with Gasteiger partial charge in [0.15, 0.2) is 5.17 Å². The smallest absolute Gasteiger partial charge is 0.264 e. The van der Waals surface area contributed by atoms with E-state index in [1.54, 1.807) is 7.11 Å². The monoisotopic (exact) mass is 480 g/mol. The Morgan fingerprint density at radius 1 is 1.16 bits per heavy atom. The molecule has 1 aliphatic rings. The van der Waals surface area contributed by atoms with Crippen molar-refractivity contribution < 1.29 is 9.53 Å². The Bertz CT molecular complexity index is 869. The van der Waals surface area contributed by atoms with Crippen molar-refractivity contribution >= 4 is 66.5 Å². The number of thioether (sulfide) groups is 1. The summed E-state index contributed by atoms with van der Waals surface area (Å²) < 4.78 is 6.92. The fraction of sp³-hybridized carbons (Fsp3) is 0.111. The van der Waals surface area contributed by atoms with Crippen LogP contribution < -0.4 is 10.1 Å². The zero-order valence-electron chi connectivity index (χ0n) is 13.5. The summed E-state index contributed by atoms with van der Waals surface area (Å²) >= 11 is 8.26. The molecule has 1 fully saturated rings. The molecule has 128 valence electrons. The van der Waals surface area contributed by atoms with E-state index >= 15 is 0 Å². The number of aryl methyl sites for hydroxylation is 1. The van der Waals surface area contributed by atoms with Gasteiger partial charge in [-0.25, -0.2) is 4.99 Å². The lowest BCUT2D eigenvalue weighted by Gasteiger charge is -2.07. The average Bonchev–Trinajstić information content (AvgIpc) is 2.89. The summed E-state index contributed by atoms with van der Waals surface area (Å²) in [6, 6.07) is 11.6. The van der Waals surface area contributed by atoms with Crippen molar-refractivity contribution in [2.45, 2.75) is 6.92 Å². The Hall–Kier alpha value is -1.57. The lowest BCUT2D eigenvalue weighted by atomic mass is 10.2. The number of hydrogen-bond acceptors (Lipinski definition) is 4. The standard InChI is InChI=1S/C18H14Br2N2O2S/c1-10-3-5-12(6-4-10)21-18-22-17(23)15(25-18)9-11-7-13(19)16(24-2)14(20)8-11/h3-9H,1-2H3,(H,21,22,23). The number of benzene rings is 2. The number of carbonyl (C=O) groups is 1. The maximum Gasteiger partial charge on any atom is 0.264 e. The van der Waals surface area contributed by atoms with Gasteiger partial charge in [-0.05, 0) is 86.5 Å². The van der Waals surface area contributed by atoms with E-state index in [9.17, 15) is 4.79 Å². The molecule has 0 aromatic heterocycles. The number of nitrogens with zero attached hydrogens (tertiary/aromatic N) is 1. The maximum absolute atomic E-state index is 12.2. The van der Waals surface area contributed by atoms with Crippen molar-refractivity contribution in [2.75, 3.05) is 7.11 Å². The van der Waals surface area contributed by atoms with Crippen LogP contribution in [0.4, 0.5) is 5.69 Å². The third-order valence-corrected chi connectivity index (χ3v) is 5.53. The first-order valence-corrected chi connectivity index (χ1v) is 9.76. The first-order valence-electron chi connectivity index (χ1n) is 7.35. The Morgan fingerprint density at radius 2 is 1.80 bits per heavy atom. The van der Waals surface area contributed by atoms with Crippen LogP contribution in [0.5, 0.6) is 5.75 Å². The molecule has 1 heterocycles. The molecule has 0 saturated carbocycles. The van der Waals surface area contributed by atoms with Gasteiger partial charge in [0.25, 0.3) is 5.91 Å². The Balaban J connectivity index is 1.85. The number of carbonyl (C=O) groups excluding carboxylic acids is 1. The van der Waals surface area contributed by atoms with Gasteiger partial charge >= 0.3 is 0 Å². The predicted octanol–water partition coefficient (Wildman–Crippen LogP) is 5.42. The van der Waals surface area contributed by atoms with E-state index in [0.717, 1.165) is 20.2 Å². The molecule has 1 N–H and O–H groups in total. The number of methoxy groups -OCH3 is 1. The van der Waals surface area contributed by atoms with E-state index < -0.39 is 0 Å². The molecule has 4 nitrogen and oxygen atoms in total. The highest BCUT2D eigenvalue weighted by Gasteiger charge is 2.24. The molecule has 0 radical (unpaired) electrons. The number of aliphatic imine (C=N–C) groups is 1. The van der Waals surface area contributed by atoms with Gasteiger partial charge in [0, 0.05) is 0 Å². The minimum Gasteiger partial charge on any atom is -0.494 e. The molecule has 0 spiro atoms. The van der Waals surface area contributed by atoms with Gasteiger partial charge in [0.2, 0.25) is 0 Å². The first kappa shape index (κ1) is 18.2. The van der Waals surface area contributed by atoms with E-state index in [0.29, 0.717) is 15.8 Å². The van der Waals surface area contributed by atoms with Gasteiger partial charge in [-0.1, -0.05) is 17.7 Å². The van der Waals surface area contributed by atoms with Crippen molar-refractivity contribution in [3.63, 3.8) is 0 Å². The molecule has 2 aromatic carbocycles. The summed E-state index contributed by atoms with van der Waals surface area (Å²) in [4.78, 5) is 17.3. The minimum atomic E-state index is -0.154. The molecule has 0 bridgehead atoms. The summed E-state index contributed by atoms with van der Waals surface area (Å²) in [7, 11) is 1.61. The summed E-state index contributed by atoms with van der Waals surface area (Å²) in [5, 5.41) is 3.37. The fourth-order valence-corrected chi connectivity index (χ4v) is 4.61. The lowest BCUT2D eigenvalue weighted by molar-refractivity contribution is -0.115. The molecule has 0 unspecified atom stereocenters. The van der Waals surface area contributed by atoms with Crippen LogP contribution in [-0.2, 0) is 4.79 Å². The van der Waals surface area contributed by atoms with E-state index in [1.165, 1.54) is 17.3 Å². The number of amides is 1. The van der Waals surface area contributed by atoms with Gasteiger partial charge in [0.05, 0.1) is 26.6 Å². The zero-order valence-corrected chi connectivity index (χ0v) is 17.5. The van der Waals surface area contributed by atoms with Crippen LogP contribution in [0.3, 0.4) is 0 Å². The maximum atomic E-state index is 12.2. The van der Waals surface area contributed by atoms with Crippen LogP contribution in [0.1, 0.15) is 11.1 Å². The summed E-state index contributed by atoms with van der Waals surface area (Å²) in [6.07, 6.45) is 1.83. The van der Waals surface area contributed by atoms with Crippen LogP contribution in [0.25, 0.3) is 6.08 Å². The van der Waals surface area contributed by atoms with Crippen molar-refractivity contribution in [1.29, 1.82) is 0 Å². The number of halogens is 2. The molecule has 1 aliphatic heterocycles. The predicted molar refractivity (Wildman–Crippen MR) is 110 cm³/mol. The van der Waals surface area contributed by atoms with Gasteiger partial charge in [0.1, 0.15) is 5.75 Å². The number of nitrogens with one attached hydrogen (secondary N) is 1. The second kappa shape index (κ2) is 7.76. The number of amidine groups is 1. The van der Waals surface area contributed by atoms with Gasteiger partial charge in [-0.15, -0.1) is 0 Å². The van der Waals surface area contributed by atoms with E-state index in [-0.39, 0.29) is 5.91 Å². The van der Waals surface area contributed by atoms with Crippen LogP contribution in [0.2, 0.25) is 0 Å². The normalized spacial score (nSPS) is 17.2. The Labute approximate surface area is 167 Å². The number of rotatable bonds is 3. The summed E-state index contributed by atoms with van der Waals surface area (Å²) in [5.41, 5.74) is 2.86. The van der Waals surface area contributed by atoms with Gasteiger partial charge in [-0.3, -0.25) is 4.79 Å². The van der Waals surface area contributed by atoms with Crippen molar-refractivity contribution in [3.8, 4) is 5.75 Å². The second-order valence-electron chi connectivity index (χ2n) is 5.34. The number of hydrogen-bond donors (Lipinski definition) is 1. The van der Waals surface area contributed by atoms with E-state index in [1.807, 2.05) is 49.4 Å². The first-order chi connectivity index (χ1) is 12.0. The van der Waals surface area contributed by atoms with Crippen LogP contribution in [0.15, 0.2) is 55.2 Å². The lowest BCUT2D eigenvalue weighted by Crippen LogP contribution is -2.19. The summed E-state index contributed by atoms with van der Waals surface area (Å²) in [5.74, 6) is 0.561. The highest BCUT2D eigenvalue weighted by molar-refractivity contribution is 9.11. The topological polar surface area (TPSA) is 50.7 Å². The minimum absolute atomic E-state index is 0.154. The largest absolute Gasteiger partial charge is 0.494 e. The molecule has 2 aromatic rings. The second-order valence-corrected chi connectivity index (χ2v) is 8.07. The SMILES string of the molecule is COc1c(Br)cc(C=C2SC(=Nc3ccc(C)cc3)NC2=O)cc1Br. The van der Waals surface area contributed by atoms with Crippen LogP contribution >= 0.6 is 43.6 Å². The molecule has 1 saturated heterocycles. The Kier molecular flexibility index (Phi) is 5.66. The molecule has 3 rings (SSSR count). The molecule has 0 atom stereocenters. The highest BCUT2D eigenvalue weighted by atomic mass is 79.9. The molecular weight excluding hydrogens is 468 g/mol. The third-order valence-electron chi connectivity index (χ3n) is 3.44. The van der Waals surface area contributed by atoms with E-state index in [4.69, 9.17) is 4.74 Å². The van der Waals surface area contributed by atoms with Crippen LogP contribution in [-0.4, -0.2) is 18.2 Å². The van der Waals surface area contributed by atoms with Crippen LogP contribution in [0, 0.1) is 6.92 Å². The van der Waals surface area contributed by atoms with Crippen molar-refractivity contribution in [3.05, 3.63) is 61.4 Å². The summed E-state index contributed by atoms with van der Waals surface area (Å²) in [6.45, 7) is 2.02. The number of ether oxygens (including phenoxy) is 1. The molecule has 25 heavy (non-hydrogen) atoms. The quantitative estimate of drug-likeness (QED) is 0.595. The van der Waals surface area contributed by atoms with Crippen molar-refractivity contribution in [2.24, 2.45) is 4.99 Å². The average molecular weight is 482 g/mol. The van der Waals surface area contributed by atoms with Gasteiger partial charge in [-0.2, -0.15) is 0 Å². The van der Waals surface area contributed by atoms with Crippen molar-refractivity contribution in [1.82, 2.24) is 5.32 Å². The molecule has 7 heteroatoms. The molecular formula is C18H14Br2N2O2S.